The Morgan fingerprint density at radius 3 is 2.27 bits per heavy atom. The monoisotopic (exact) mass is 541 g/mol. The molecule has 1 aliphatic heterocycles. The lowest BCUT2D eigenvalue weighted by atomic mass is 9.53. The molecular weight excluding hydrogens is 502 g/mol. The molecule has 40 heavy (non-hydrogen) atoms. The number of imidazole rings is 1. The first kappa shape index (κ1) is 25.6. The summed E-state index contributed by atoms with van der Waals surface area (Å²) in [5, 5.41) is 9.88. The van der Waals surface area contributed by atoms with Crippen LogP contribution in [0.4, 0.5) is 5.69 Å². The Morgan fingerprint density at radius 2 is 1.60 bits per heavy atom. The predicted octanol–water partition coefficient (Wildman–Crippen LogP) is 4.03. The molecule has 3 N–H and O–H groups in total. The van der Waals surface area contributed by atoms with Gasteiger partial charge in [0, 0.05) is 25.6 Å². The maximum atomic E-state index is 13.2. The Bertz CT molecular complexity index is 1480. The van der Waals surface area contributed by atoms with Gasteiger partial charge in [0.25, 0.3) is 0 Å². The van der Waals surface area contributed by atoms with Crippen molar-refractivity contribution < 1.29 is 9.59 Å². The molecule has 5 fully saturated rings. The molecule has 4 aliphatic carbocycles. The molecule has 1 atom stereocenters. The van der Waals surface area contributed by atoms with E-state index in [0.29, 0.717) is 24.0 Å². The van der Waals surface area contributed by atoms with Gasteiger partial charge in [-0.2, -0.15) is 0 Å². The molecule has 1 saturated heterocycles. The summed E-state index contributed by atoms with van der Waals surface area (Å²) in [5.74, 6) is 2.19. The van der Waals surface area contributed by atoms with E-state index in [-0.39, 0.29) is 18.0 Å². The van der Waals surface area contributed by atoms with Crippen LogP contribution in [0.2, 0.25) is 0 Å². The lowest BCUT2D eigenvalue weighted by Gasteiger charge is -2.57. The summed E-state index contributed by atoms with van der Waals surface area (Å²) in [6.45, 7) is 1.67. The highest BCUT2D eigenvalue weighted by molar-refractivity contribution is 6.00. The molecule has 4 saturated carbocycles. The molecule has 3 aromatic rings. The number of carbonyl (C=O) groups is 2. The van der Waals surface area contributed by atoms with Gasteiger partial charge < -0.3 is 10.6 Å². The van der Waals surface area contributed by atoms with Gasteiger partial charge in [-0.25, -0.2) is 4.79 Å². The minimum atomic E-state index is -0.686. The molecule has 8 nitrogen and oxygen atoms in total. The van der Waals surface area contributed by atoms with Crippen molar-refractivity contribution in [1.29, 1.82) is 0 Å². The van der Waals surface area contributed by atoms with E-state index in [1.165, 1.54) is 54.2 Å². The van der Waals surface area contributed by atoms with Crippen LogP contribution in [0, 0.1) is 17.8 Å². The Balaban J connectivity index is 0.999. The lowest BCUT2D eigenvalue weighted by Crippen LogP contribution is -2.58. The first-order chi connectivity index (χ1) is 19.4. The Morgan fingerprint density at radius 1 is 0.925 bits per heavy atom. The lowest BCUT2D eigenvalue weighted by molar-refractivity contribution is -0.135. The molecule has 1 unspecified atom stereocenters. The highest BCUT2D eigenvalue weighted by atomic mass is 16.2. The highest BCUT2D eigenvalue weighted by Gasteiger charge is 2.50. The van der Waals surface area contributed by atoms with Crippen LogP contribution in [0.5, 0.6) is 0 Å². The van der Waals surface area contributed by atoms with Crippen molar-refractivity contribution in [2.45, 2.75) is 75.9 Å². The number of aryl methyl sites for hydroxylation is 1. The van der Waals surface area contributed by atoms with Crippen molar-refractivity contribution in [3.05, 3.63) is 64.1 Å². The van der Waals surface area contributed by atoms with Crippen LogP contribution in [0.1, 0.15) is 68.5 Å². The van der Waals surface area contributed by atoms with E-state index in [9.17, 15) is 14.4 Å². The fraction of sp³-hybridized carbons (Fsp3) is 0.531. The van der Waals surface area contributed by atoms with E-state index in [1.54, 1.807) is 11.6 Å². The number of nitrogens with zero attached hydrogens (tertiary/aromatic N) is 2. The van der Waals surface area contributed by atoms with Crippen LogP contribution in [0.15, 0.2) is 47.3 Å². The standard InChI is InChI=1S/C32H39N5O3/c1-36-29-25(3-2-4-26(29)37(31(36)40)27-9-10-28(38)35-30(27)39)33-19-21-7-5-20(6-8-21)11-12-34-32-16-22-13-23(17-32)15-24(14-22)18-32/h2-8,22-24,27,33-34H,9-19H2,1H3,(H,35,38,39). The quantitative estimate of drug-likeness (QED) is 0.374. The Labute approximate surface area is 234 Å². The number of hydrogen-bond donors (Lipinski definition) is 3. The first-order valence-electron chi connectivity index (χ1n) is 15.0. The van der Waals surface area contributed by atoms with E-state index >= 15 is 0 Å². The second-order valence-electron chi connectivity index (χ2n) is 12.9. The van der Waals surface area contributed by atoms with Crippen molar-refractivity contribution in [2.24, 2.45) is 24.8 Å². The number of aromatic nitrogens is 2. The highest BCUT2D eigenvalue weighted by Crippen LogP contribution is 2.55. The Hall–Kier alpha value is -3.39. The summed E-state index contributed by atoms with van der Waals surface area (Å²) in [4.78, 5) is 37.3. The third-order valence-electron chi connectivity index (χ3n) is 10.1. The molecule has 0 spiro atoms. The fourth-order valence-corrected chi connectivity index (χ4v) is 8.63. The van der Waals surface area contributed by atoms with Crippen molar-refractivity contribution in [3.63, 3.8) is 0 Å². The molecule has 2 amide bonds. The summed E-state index contributed by atoms with van der Waals surface area (Å²) in [6.07, 6.45) is 10.2. The van der Waals surface area contributed by atoms with E-state index in [4.69, 9.17) is 0 Å². The van der Waals surface area contributed by atoms with Crippen molar-refractivity contribution >= 4 is 28.5 Å². The number of anilines is 1. The topological polar surface area (TPSA) is 97.2 Å². The smallest absolute Gasteiger partial charge is 0.329 e. The SMILES string of the molecule is Cn1c(=O)n(C2CCC(=O)NC2=O)c2cccc(NCc3ccc(CCNC45CC6CC(CC(C6)C4)C5)cc3)c21. The second kappa shape index (κ2) is 9.91. The zero-order chi connectivity index (χ0) is 27.4. The number of amides is 2. The average Bonchev–Trinajstić information content (AvgIpc) is 3.17. The summed E-state index contributed by atoms with van der Waals surface area (Å²) in [6, 6.07) is 13.9. The first-order valence-corrected chi connectivity index (χ1v) is 15.0. The second-order valence-corrected chi connectivity index (χ2v) is 12.9. The normalized spacial score (nSPS) is 29.2. The summed E-state index contributed by atoms with van der Waals surface area (Å²) in [5.41, 5.74) is 4.96. The number of hydrogen-bond acceptors (Lipinski definition) is 5. The number of imide groups is 1. The molecule has 8 rings (SSSR count). The molecule has 0 radical (unpaired) electrons. The van der Waals surface area contributed by atoms with Crippen LogP contribution < -0.4 is 21.6 Å². The number of nitrogens with one attached hydrogen (secondary N) is 3. The average molecular weight is 542 g/mol. The number of carbonyl (C=O) groups excluding carboxylic acids is 2. The Kier molecular flexibility index (Phi) is 6.33. The van der Waals surface area contributed by atoms with Gasteiger partial charge in [0.15, 0.2) is 0 Å². The van der Waals surface area contributed by atoms with Crippen molar-refractivity contribution in [2.75, 3.05) is 11.9 Å². The van der Waals surface area contributed by atoms with Gasteiger partial charge in [-0.05, 0) is 98.9 Å². The maximum absolute atomic E-state index is 13.2. The summed E-state index contributed by atoms with van der Waals surface area (Å²) < 4.78 is 3.11. The molecule has 8 heteroatoms. The van der Waals surface area contributed by atoms with E-state index in [0.717, 1.165) is 41.9 Å². The zero-order valence-corrected chi connectivity index (χ0v) is 23.2. The van der Waals surface area contributed by atoms with Gasteiger partial charge in [-0.3, -0.25) is 24.0 Å². The maximum Gasteiger partial charge on any atom is 0.329 e. The van der Waals surface area contributed by atoms with Crippen LogP contribution in [0.3, 0.4) is 0 Å². The minimum Gasteiger partial charge on any atom is -0.379 e. The van der Waals surface area contributed by atoms with Crippen LogP contribution in [-0.2, 0) is 29.6 Å². The summed E-state index contributed by atoms with van der Waals surface area (Å²) in [7, 11) is 1.73. The van der Waals surface area contributed by atoms with Crippen molar-refractivity contribution in [1.82, 2.24) is 19.8 Å². The van der Waals surface area contributed by atoms with Crippen LogP contribution in [0.25, 0.3) is 11.0 Å². The number of piperidine rings is 1. The third kappa shape index (κ3) is 4.56. The predicted molar refractivity (Wildman–Crippen MR) is 155 cm³/mol. The minimum absolute atomic E-state index is 0.228. The molecule has 1 aromatic heterocycles. The van der Waals surface area contributed by atoms with Gasteiger partial charge in [0.05, 0.1) is 16.7 Å². The molecular formula is C32H39N5O3. The summed E-state index contributed by atoms with van der Waals surface area (Å²) >= 11 is 0. The van der Waals surface area contributed by atoms with E-state index in [1.807, 2.05) is 18.2 Å². The number of rotatable bonds is 8. The zero-order valence-electron chi connectivity index (χ0n) is 23.2. The van der Waals surface area contributed by atoms with Crippen molar-refractivity contribution in [3.8, 4) is 0 Å². The molecule has 4 bridgehead atoms. The third-order valence-corrected chi connectivity index (χ3v) is 10.1. The fourth-order valence-electron chi connectivity index (χ4n) is 8.63. The largest absolute Gasteiger partial charge is 0.379 e. The van der Waals surface area contributed by atoms with E-state index in [2.05, 4.69) is 40.2 Å². The van der Waals surface area contributed by atoms with Gasteiger partial charge >= 0.3 is 5.69 Å². The molecule has 5 aliphatic rings. The molecule has 2 aromatic carbocycles. The van der Waals surface area contributed by atoms with Gasteiger partial charge in [-0.15, -0.1) is 0 Å². The number of para-hydroxylation sites is 1. The number of fused-ring (bicyclic) bond motifs is 1. The van der Waals surface area contributed by atoms with Crippen LogP contribution in [-0.4, -0.2) is 33.0 Å². The van der Waals surface area contributed by atoms with E-state index < -0.39 is 11.9 Å². The molecule has 2 heterocycles. The van der Waals surface area contributed by atoms with Crippen LogP contribution >= 0.6 is 0 Å². The van der Waals surface area contributed by atoms with Gasteiger partial charge in [-0.1, -0.05) is 30.3 Å². The molecule has 210 valence electrons. The van der Waals surface area contributed by atoms with Gasteiger partial charge in [0.2, 0.25) is 11.8 Å². The van der Waals surface area contributed by atoms with Gasteiger partial charge in [0.1, 0.15) is 6.04 Å². The number of benzene rings is 2.